The highest BCUT2D eigenvalue weighted by Crippen LogP contribution is 2.25. The summed E-state index contributed by atoms with van der Waals surface area (Å²) in [6, 6.07) is 8.29. The summed E-state index contributed by atoms with van der Waals surface area (Å²) in [5, 5.41) is 53.8. The molecule has 0 unspecified atom stereocenters. The van der Waals surface area contributed by atoms with E-state index in [1.165, 1.54) is 0 Å². The lowest BCUT2D eigenvalue weighted by molar-refractivity contribution is 0.262. The molecule has 0 saturated heterocycles. The van der Waals surface area contributed by atoms with Crippen molar-refractivity contribution in [3.8, 4) is 11.5 Å². The molecule has 0 radical (unpaired) electrons. The predicted octanol–water partition coefficient (Wildman–Crippen LogP) is 1.06. The zero-order valence-electron chi connectivity index (χ0n) is 12.9. The van der Waals surface area contributed by atoms with Crippen molar-refractivity contribution in [2.45, 2.75) is 33.4 Å². The van der Waals surface area contributed by atoms with Gasteiger partial charge in [-0.1, -0.05) is 30.3 Å². The number of aromatic hydroxyl groups is 2. The molecule has 0 atom stereocenters. The molecule has 0 aromatic heterocycles. The van der Waals surface area contributed by atoms with Gasteiger partial charge in [0.15, 0.2) is 0 Å². The van der Waals surface area contributed by atoms with E-state index >= 15 is 0 Å². The van der Waals surface area contributed by atoms with Crippen molar-refractivity contribution in [1.82, 2.24) is 0 Å². The highest BCUT2D eigenvalue weighted by atomic mass is 16.3. The van der Waals surface area contributed by atoms with Crippen LogP contribution in [0.15, 0.2) is 30.3 Å². The molecular formula is C17H22O6. The summed E-state index contributed by atoms with van der Waals surface area (Å²) in [4.78, 5) is 0. The Morgan fingerprint density at radius 2 is 1.13 bits per heavy atom. The smallest absolute Gasteiger partial charge is 0.126 e. The van der Waals surface area contributed by atoms with E-state index in [0.717, 1.165) is 5.56 Å². The molecular weight excluding hydrogens is 300 g/mol. The van der Waals surface area contributed by atoms with Crippen LogP contribution in [0.5, 0.6) is 11.5 Å². The Morgan fingerprint density at radius 3 is 1.57 bits per heavy atom. The van der Waals surface area contributed by atoms with Gasteiger partial charge in [0.2, 0.25) is 0 Å². The van der Waals surface area contributed by atoms with Crippen LogP contribution in [0.1, 0.15) is 27.8 Å². The van der Waals surface area contributed by atoms with Crippen LogP contribution in [0, 0.1) is 6.92 Å². The number of aliphatic hydroxyl groups is 4. The Balaban J connectivity index is 0.000000231. The van der Waals surface area contributed by atoms with E-state index < -0.39 is 0 Å². The van der Waals surface area contributed by atoms with Crippen molar-refractivity contribution < 1.29 is 30.6 Å². The van der Waals surface area contributed by atoms with Crippen molar-refractivity contribution in [2.24, 2.45) is 0 Å². The third-order valence-corrected chi connectivity index (χ3v) is 3.47. The van der Waals surface area contributed by atoms with Crippen LogP contribution in [0.3, 0.4) is 0 Å². The van der Waals surface area contributed by atoms with Gasteiger partial charge in [0, 0.05) is 22.3 Å². The number of benzene rings is 2. The predicted molar refractivity (Wildman–Crippen MR) is 84.6 cm³/mol. The van der Waals surface area contributed by atoms with Gasteiger partial charge in [-0.25, -0.2) is 0 Å². The molecule has 0 aliphatic carbocycles. The molecule has 0 heterocycles. The maximum Gasteiger partial charge on any atom is 0.126 e. The van der Waals surface area contributed by atoms with Gasteiger partial charge in [-0.05, 0) is 12.5 Å². The van der Waals surface area contributed by atoms with Crippen molar-refractivity contribution in [3.63, 3.8) is 0 Å². The monoisotopic (exact) mass is 322 g/mol. The van der Waals surface area contributed by atoms with E-state index in [1.54, 1.807) is 37.3 Å². The highest BCUT2D eigenvalue weighted by molar-refractivity contribution is 5.44. The summed E-state index contributed by atoms with van der Waals surface area (Å²) >= 11 is 0. The quantitative estimate of drug-likeness (QED) is 0.501. The molecule has 2 rings (SSSR count). The Hall–Kier alpha value is -2.12. The maximum absolute atomic E-state index is 9.45. The SMILES string of the molecule is Cc1ccc(CO)c(O)c1CO.OCc1cccc(CO)c1O. The first-order valence-corrected chi connectivity index (χ1v) is 7.03. The maximum atomic E-state index is 9.45. The highest BCUT2D eigenvalue weighted by Gasteiger charge is 2.07. The van der Waals surface area contributed by atoms with E-state index in [1.807, 2.05) is 0 Å². The molecule has 0 aliphatic rings. The minimum absolute atomic E-state index is 0.000000000000000444. The van der Waals surface area contributed by atoms with Crippen LogP contribution in [-0.4, -0.2) is 30.6 Å². The van der Waals surface area contributed by atoms with Crippen LogP contribution in [0.4, 0.5) is 0 Å². The second kappa shape index (κ2) is 9.12. The summed E-state index contributed by atoms with van der Waals surface area (Å²) < 4.78 is 0. The number of hydrogen-bond donors (Lipinski definition) is 6. The molecule has 23 heavy (non-hydrogen) atoms. The van der Waals surface area contributed by atoms with Crippen LogP contribution in [0.2, 0.25) is 0 Å². The van der Waals surface area contributed by atoms with E-state index in [2.05, 4.69) is 0 Å². The van der Waals surface area contributed by atoms with Crippen LogP contribution < -0.4 is 0 Å². The molecule has 6 heteroatoms. The molecule has 126 valence electrons. The molecule has 2 aromatic carbocycles. The third kappa shape index (κ3) is 4.67. The number of hydrogen-bond acceptors (Lipinski definition) is 6. The Kier molecular flexibility index (Phi) is 7.50. The topological polar surface area (TPSA) is 121 Å². The summed E-state index contributed by atoms with van der Waals surface area (Å²) in [6.07, 6.45) is 0. The fraction of sp³-hybridized carbons (Fsp3) is 0.294. The van der Waals surface area contributed by atoms with E-state index in [9.17, 15) is 10.2 Å². The standard InChI is InChI=1S/C9H12O3.C8H10O3/c1-6-2-3-7(4-10)9(12)8(6)5-11;9-4-6-2-1-3-7(5-10)8(6)11/h2-3,10-12H,4-5H2,1H3;1-3,9-11H,4-5H2. The summed E-state index contributed by atoms with van der Waals surface area (Å²) in [7, 11) is 0. The molecule has 6 nitrogen and oxygen atoms in total. The van der Waals surface area contributed by atoms with Gasteiger partial charge in [0.1, 0.15) is 11.5 Å². The average molecular weight is 322 g/mol. The normalized spacial score (nSPS) is 10.1. The number of aryl methyl sites for hydroxylation is 1. The molecule has 6 N–H and O–H groups in total. The number of aliphatic hydroxyl groups excluding tert-OH is 4. The molecule has 0 aliphatic heterocycles. The van der Waals surface area contributed by atoms with Gasteiger partial charge >= 0.3 is 0 Å². The Labute approximate surface area is 134 Å². The van der Waals surface area contributed by atoms with Crippen LogP contribution >= 0.6 is 0 Å². The Bertz CT molecular complexity index is 617. The summed E-state index contributed by atoms with van der Waals surface area (Å²) in [6.45, 7) is 0.969. The van der Waals surface area contributed by atoms with Crippen molar-refractivity contribution in [3.05, 3.63) is 58.1 Å². The minimum atomic E-state index is -0.209. The van der Waals surface area contributed by atoms with Gasteiger partial charge in [-0.2, -0.15) is 0 Å². The van der Waals surface area contributed by atoms with E-state index in [4.69, 9.17) is 20.4 Å². The second-order valence-electron chi connectivity index (χ2n) is 4.93. The van der Waals surface area contributed by atoms with E-state index in [0.29, 0.717) is 22.3 Å². The van der Waals surface area contributed by atoms with Gasteiger partial charge in [-0.3, -0.25) is 0 Å². The molecule has 0 amide bonds. The molecule has 0 spiro atoms. The van der Waals surface area contributed by atoms with Crippen molar-refractivity contribution in [1.29, 1.82) is 0 Å². The Morgan fingerprint density at radius 1 is 0.652 bits per heavy atom. The fourth-order valence-electron chi connectivity index (χ4n) is 2.01. The zero-order chi connectivity index (χ0) is 17.4. The lowest BCUT2D eigenvalue weighted by Crippen LogP contribution is -1.94. The first kappa shape index (κ1) is 18.9. The van der Waals surface area contributed by atoms with Gasteiger partial charge < -0.3 is 30.6 Å². The number of para-hydroxylation sites is 1. The van der Waals surface area contributed by atoms with Crippen molar-refractivity contribution in [2.75, 3.05) is 0 Å². The summed E-state index contributed by atoms with van der Waals surface area (Å²) in [5.41, 5.74) is 2.64. The lowest BCUT2D eigenvalue weighted by atomic mass is 10.0. The van der Waals surface area contributed by atoms with Gasteiger partial charge in [-0.15, -0.1) is 0 Å². The van der Waals surface area contributed by atoms with E-state index in [-0.39, 0.29) is 37.9 Å². The average Bonchev–Trinajstić information content (AvgIpc) is 2.56. The van der Waals surface area contributed by atoms with Crippen LogP contribution in [0.25, 0.3) is 0 Å². The van der Waals surface area contributed by atoms with Gasteiger partial charge in [0.05, 0.1) is 26.4 Å². The van der Waals surface area contributed by atoms with Crippen molar-refractivity contribution >= 4 is 0 Å². The lowest BCUT2D eigenvalue weighted by Gasteiger charge is -2.08. The number of phenols is 2. The minimum Gasteiger partial charge on any atom is -0.507 e. The third-order valence-electron chi connectivity index (χ3n) is 3.47. The zero-order valence-corrected chi connectivity index (χ0v) is 12.9. The fourth-order valence-corrected chi connectivity index (χ4v) is 2.01. The second-order valence-corrected chi connectivity index (χ2v) is 4.93. The molecule has 2 aromatic rings. The first-order valence-electron chi connectivity index (χ1n) is 7.03. The van der Waals surface area contributed by atoms with Gasteiger partial charge in [0.25, 0.3) is 0 Å². The molecule has 0 saturated carbocycles. The first-order chi connectivity index (χ1) is 11.0. The largest absolute Gasteiger partial charge is 0.507 e. The summed E-state index contributed by atoms with van der Waals surface area (Å²) in [5.74, 6) is -0.0162. The molecule has 0 bridgehead atoms. The molecule has 0 fully saturated rings. The number of rotatable bonds is 4. The van der Waals surface area contributed by atoms with Crippen LogP contribution in [-0.2, 0) is 26.4 Å².